The van der Waals surface area contributed by atoms with Crippen molar-refractivity contribution in [1.82, 2.24) is 15.2 Å². The van der Waals surface area contributed by atoms with E-state index in [1.54, 1.807) is 6.92 Å². The summed E-state index contributed by atoms with van der Waals surface area (Å²) >= 11 is 0. The number of rotatable bonds is 3. The van der Waals surface area contributed by atoms with Crippen LogP contribution in [-0.4, -0.2) is 42.0 Å². The molecule has 0 radical (unpaired) electrons. The number of piperidine rings is 1. The maximum atomic E-state index is 11.1. The molecule has 1 aromatic carbocycles. The molecule has 1 aliphatic carbocycles. The predicted octanol–water partition coefficient (Wildman–Crippen LogP) is 2.65. The first kappa shape index (κ1) is 14.8. The minimum atomic E-state index is 0.0754. The first-order valence-electron chi connectivity index (χ1n) is 8.67. The Morgan fingerprint density at radius 2 is 2.30 bits per heavy atom. The van der Waals surface area contributed by atoms with E-state index in [-0.39, 0.29) is 5.91 Å². The van der Waals surface area contributed by atoms with Crippen molar-refractivity contribution in [1.29, 1.82) is 0 Å². The molecule has 23 heavy (non-hydrogen) atoms. The quantitative estimate of drug-likeness (QED) is 0.915. The van der Waals surface area contributed by atoms with Crippen molar-refractivity contribution < 1.29 is 4.79 Å². The van der Waals surface area contributed by atoms with Gasteiger partial charge in [-0.15, -0.1) is 0 Å². The van der Waals surface area contributed by atoms with Gasteiger partial charge in [0, 0.05) is 49.1 Å². The second-order valence-electron chi connectivity index (χ2n) is 7.27. The molecule has 0 bridgehead atoms. The highest BCUT2D eigenvalue weighted by Crippen LogP contribution is 2.44. The highest BCUT2D eigenvalue weighted by Gasteiger charge is 2.39. The van der Waals surface area contributed by atoms with E-state index in [1.165, 1.54) is 28.5 Å². The Morgan fingerprint density at radius 3 is 3.13 bits per heavy atom. The van der Waals surface area contributed by atoms with Crippen LogP contribution in [0.15, 0.2) is 24.4 Å². The third kappa shape index (κ3) is 2.55. The van der Waals surface area contributed by atoms with Crippen LogP contribution < -0.4 is 5.32 Å². The summed E-state index contributed by atoms with van der Waals surface area (Å²) in [5.74, 6) is 1.35. The topological polar surface area (TPSA) is 48.1 Å². The molecule has 2 N–H and O–H groups in total. The number of likely N-dealkylation sites (N-methyl/N-ethyl adjacent to an activating group) is 1. The molecule has 1 saturated heterocycles. The second kappa shape index (κ2) is 5.68. The van der Waals surface area contributed by atoms with Gasteiger partial charge in [0.15, 0.2) is 0 Å². The molecular formula is C19H25N3O. The normalized spacial score (nSPS) is 27.0. The maximum Gasteiger partial charge on any atom is 0.216 e. The van der Waals surface area contributed by atoms with Gasteiger partial charge >= 0.3 is 0 Å². The van der Waals surface area contributed by atoms with Gasteiger partial charge in [0.1, 0.15) is 0 Å². The van der Waals surface area contributed by atoms with Crippen LogP contribution in [0.1, 0.15) is 36.8 Å². The zero-order valence-corrected chi connectivity index (χ0v) is 13.9. The number of carbonyl (C=O) groups excluding carboxylic acids is 1. The van der Waals surface area contributed by atoms with E-state index in [0.717, 1.165) is 25.9 Å². The van der Waals surface area contributed by atoms with Crippen LogP contribution in [0, 0.1) is 5.92 Å². The number of hydrogen-bond acceptors (Lipinski definition) is 2. The lowest BCUT2D eigenvalue weighted by Crippen LogP contribution is -2.48. The monoisotopic (exact) mass is 311 g/mol. The number of nitrogens with zero attached hydrogens (tertiary/aromatic N) is 1. The molecule has 0 saturated carbocycles. The lowest BCUT2D eigenvalue weighted by Gasteiger charge is -2.45. The molecule has 4 nitrogen and oxygen atoms in total. The molecule has 3 atom stereocenters. The molecule has 2 aromatic rings. The number of aromatic nitrogens is 1. The zero-order chi connectivity index (χ0) is 16.0. The van der Waals surface area contributed by atoms with E-state index >= 15 is 0 Å². The SMILES string of the molecule is CC(=O)NCC[C@@H]1C[C@@H]2c3cccc4[nH]cc(c34)C[C@H]2N(C)C1. The second-order valence-corrected chi connectivity index (χ2v) is 7.27. The van der Waals surface area contributed by atoms with Crippen molar-refractivity contribution in [2.75, 3.05) is 20.1 Å². The molecule has 0 spiro atoms. The van der Waals surface area contributed by atoms with Gasteiger partial charge in [0.2, 0.25) is 5.91 Å². The molecule has 1 aliphatic heterocycles. The number of nitrogens with one attached hydrogen (secondary N) is 2. The Kier molecular flexibility index (Phi) is 3.64. The number of likely N-dealkylation sites (tertiary alicyclic amines) is 1. The molecule has 4 heteroatoms. The van der Waals surface area contributed by atoms with Crippen LogP contribution in [0.3, 0.4) is 0 Å². The zero-order valence-electron chi connectivity index (χ0n) is 13.9. The number of carbonyl (C=O) groups is 1. The van der Waals surface area contributed by atoms with Crippen LogP contribution in [0.25, 0.3) is 10.9 Å². The minimum Gasteiger partial charge on any atom is -0.361 e. The van der Waals surface area contributed by atoms with Gasteiger partial charge in [0.25, 0.3) is 0 Å². The van der Waals surface area contributed by atoms with Crippen molar-refractivity contribution in [3.8, 4) is 0 Å². The number of aromatic amines is 1. The highest BCUT2D eigenvalue weighted by molar-refractivity contribution is 5.88. The number of benzene rings is 1. The first-order chi connectivity index (χ1) is 11.1. The van der Waals surface area contributed by atoms with E-state index in [1.807, 2.05) is 0 Å². The summed E-state index contributed by atoms with van der Waals surface area (Å²) in [4.78, 5) is 17.1. The number of fused-ring (bicyclic) bond motifs is 2. The van der Waals surface area contributed by atoms with E-state index in [9.17, 15) is 4.79 Å². The number of amides is 1. The van der Waals surface area contributed by atoms with Gasteiger partial charge < -0.3 is 15.2 Å². The maximum absolute atomic E-state index is 11.1. The van der Waals surface area contributed by atoms with Crippen LogP contribution in [-0.2, 0) is 11.2 Å². The van der Waals surface area contributed by atoms with Gasteiger partial charge in [-0.25, -0.2) is 0 Å². The van der Waals surface area contributed by atoms with Gasteiger partial charge in [-0.05, 0) is 49.4 Å². The van der Waals surface area contributed by atoms with E-state index < -0.39 is 0 Å². The Hall–Kier alpha value is -1.81. The summed E-state index contributed by atoms with van der Waals surface area (Å²) in [7, 11) is 2.26. The average molecular weight is 311 g/mol. The fourth-order valence-corrected chi connectivity index (χ4v) is 4.72. The van der Waals surface area contributed by atoms with Crippen molar-refractivity contribution in [3.63, 3.8) is 0 Å². The van der Waals surface area contributed by atoms with Crippen molar-refractivity contribution in [2.45, 2.75) is 38.1 Å². The van der Waals surface area contributed by atoms with Crippen LogP contribution in [0.5, 0.6) is 0 Å². The summed E-state index contributed by atoms with van der Waals surface area (Å²) in [6, 6.07) is 7.30. The molecule has 4 rings (SSSR count). The highest BCUT2D eigenvalue weighted by atomic mass is 16.1. The molecule has 1 aromatic heterocycles. The third-order valence-corrected chi connectivity index (χ3v) is 5.74. The molecule has 2 aliphatic rings. The standard InChI is InChI=1S/C19H25N3O/c1-12(23)20-7-6-13-8-16-15-4-3-5-17-19(15)14(10-21-17)9-18(16)22(2)11-13/h3-5,10,13,16,18,21H,6-9,11H2,1-2H3,(H,20,23)/t13-,16-,18-/m1/s1. The van der Waals surface area contributed by atoms with Crippen LogP contribution >= 0.6 is 0 Å². The largest absolute Gasteiger partial charge is 0.361 e. The minimum absolute atomic E-state index is 0.0754. The molecule has 1 amide bonds. The molecule has 0 unspecified atom stereocenters. The number of H-pyrrole nitrogens is 1. The van der Waals surface area contributed by atoms with E-state index in [2.05, 4.69) is 46.6 Å². The summed E-state index contributed by atoms with van der Waals surface area (Å²) < 4.78 is 0. The summed E-state index contributed by atoms with van der Waals surface area (Å²) in [5.41, 5.74) is 4.27. The Labute approximate surface area is 137 Å². The molecular weight excluding hydrogens is 286 g/mol. The summed E-state index contributed by atoms with van der Waals surface area (Å²) in [6.45, 7) is 3.53. The lowest BCUT2D eigenvalue weighted by molar-refractivity contribution is -0.119. The van der Waals surface area contributed by atoms with Crippen molar-refractivity contribution in [2.24, 2.45) is 5.92 Å². The van der Waals surface area contributed by atoms with Gasteiger partial charge in [-0.3, -0.25) is 4.79 Å². The van der Waals surface area contributed by atoms with Crippen LogP contribution in [0.4, 0.5) is 0 Å². The molecule has 122 valence electrons. The average Bonchev–Trinajstić information content (AvgIpc) is 2.93. The Balaban J connectivity index is 1.59. The van der Waals surface area contributed by atoms with Crippen molar-refractivity contribution in [3.05, 3.63) is 35.5 Å². The fourth-order valence-electron chi connectivity index (χ4n) is 4.72. The fraction of sp³-hybridized carbons (Fsp3) is 0.526. The van der Waals surface area contributed by atoms with Gasteiger partial charge in [0.05, 0.1) is 0 Å². The molecule has 1 fully saturated rings. The summed E-state index contributed by atoms with van der Waals surface area (Å²) in [5, 5.41) is 4.41. The third-order valence-electron chi connectivity index (χ3n) is 5.74. The number of hydrogen-bond donors (Lipinski definition) is 2. The smallest absolute Gasteiger partial charge is 0.216 e. The lowest BCUT2D eigenvalue weighted by atomic mass is 9.72. The van der Waals surface area contributed by atoms with E-state index in [0.29, 0.717) is 17.9 Å². The Morgan fingerprint density at radius 1 is 1.43 bits per heavy atom. The van der Waals surface area contributed by atoms with E-state index in [4.69, 9.17) is 0 Å². The van der Waals surface area contributed by atoms with Crippen molar-refractivity contribution >= 4 is 16.8 Å². The predicted molar refractivity (Wildman–Crippen MR) is 92.6 cm³/mol. The van der Waals surface area contributed by atoms with Gasteiger partial charge in [-0.1, -0.05) is 12.1 Å². The first-order valence-corrected chi connectivity index (χ1v) is 8.67. The van der Waals surface area contributed by atoms with Gasteiger partial charge in [-0.2, -0.15) is 0 Å². The summed E-state index contributed by atoms with van der Waals surface area (Å²) in [6.07, 6.45) is 5.65. The Bertz CT molecular complexity index is 735. The molecule has 2 heterocycles. The van der Waals surface area contributed by atoms with Crippen LogP contribution in [0.2, 0.25) is 0 Å².